The van der Waals surface area contributed by atoms with Gasteiger partial charge in [-0.25, -0.2) is 0 Å². The molecule has 28 heavy (non-hydrogen) atoms. The van der Waals surface area contributed by atoms with E-state index in [4.69, 9.17) is 0 Å². The molecule has 0 amide bonds. The Balaban J connectivity index is 1.79. The van der Waals surface area contributed by atoms with E-state index in [1.165, 1.54) is 16.0 Å². The number of benzene rings is 2. The van der Waals surface area contributed by atoms with E-state index < -0.39 is 23.5 Å². The fourth-order valence-electron chi connectivity index (χ4n) is 5.12. The first-order valence-electron chi connectivity index (χ1n) is 9.26. The van der Waals surface area contributed by atoms with Crippen molar-refractivity contribution < 1.29 is 26.3 Å². The third-order valence-corrected chi connectivity index (χ3v) is 8.37. The minimum Gasteiger partial charge on any atom is -0.166 e. The Bertz CT molecular complexity index is 1140. The maximum atomic E-state index is 13.3. The Morgan fingerprint density at radius 2 is 1.54 bits per heavy atom. The van der Waals surface area contributed by atoms with Crippen LogP contribution >= 0.6 is 0 Å². The van der Waals surface area contributed by atoms with Crippen LogP contribution in [-0.2, 0) is 12.4 Å². The third kappa shape index (κ3) is 2.28. The third-order valence-electron chi connectivity index (χ3n) is 6.22. The first-order chi connectivity index (χ1) is 13.0. The summed E-state index contributed by atoms with van der Waals surface area (Å²) in [6.07, 6.45) is -7.59. The summed E-state index contributed by atoms with van der Waals surface area (Å²) >= 11 is 0. The number of alkyl halides is 6. The van der Waals surface area contributed by atoms with Crippen molar-refractivity contribution in [1.82, 2.24) is 0 Å². The average molecular weight is 410 g/mol. The number of rotatable bonds is 3. The van der Waals surface area contributed by atoms with Gasteiger partial charge in [0.15, 0.2) is 0 Å². The predicted octanol–water partition coefficient (Wildman–Crippen LogP) is 5.60. The minimum atomic E-state index is -4.82. The quantitative estimate of drug-likeness (QED) is 0.457. The van der Waals surface area contributed by atoms with Gasteiger partial charge in [0.2, 0.25) is 0 Å². The van der Waals surface area contributed by atoms with Gasteiger partial charge in [-0.05, 0) is 80.5 Å². The van der Waals surface area contributed by atoms with Crippen LogP contribution in [0.15, 0.2) is 18.2 Å². The molecule has 2 aromatic carbocycles. The van der Waals surface area contributed by atoms with Gasteiger partial charge in [0.05, 0.1) is 11.1 Å². The van der Waals surface area contributed by atoms with Crippen molar-refractivity contribution in [2.24, 2.45) is 0 Å². The molecule has 0 aromatic heterocycles. The van der Waals surface area contributed by atoms with Crippen molar-refractivity contribution in [3.63, 3.8) is 0 Å². The SMILES string of the molecule is CCCC1[SiH]=c2c(C)c3c4c(-c5cc(C(F)(F)F)cc(C(F)(F)F)c5)c2=C1C34. The first-order valence-corrected chi connectivity index (χ1v) is 10.5. The van der Waals surface area contributed by atoms with Crippen LogP contribution in [0.25, 0.3) is 16.7 Å². The monoisotopic (exact) mass is 410 g/mol. The molecule has 1 aliphatic heterocycles. The molecule has 0 saturated carbocycles. The smallest absolute Gasteiger partial charge is 0.166 e. The van der Waals surface area contributed by atoms with Crippen LogP contribution in [0.4, 0.5) is 26.3 Å². The second kappa shape index (κ2) is 5.37. The summed E-state index contributed by atoms with van der Waals surface area (Å²) in [6.45, 7) is 4.16. The van der Waals surface area contributed by atoms with Crippen LogP contribution < -0.4 is 5.22 Å². The molecule has 0 nitrogen and oxygen atoms in total. The van der Waals surface area contributed by atoms with Crippen LogP contribution in [0.1, 0.15) is 53.5 Å². The average Bonchev–Trinajstić information content (AvgIpc) is 3.11. The second-order valence-electron chi connectivity index (χ2n) is 7.86. The molecule has 7 heteroatoms. The summed E-state index contributed by atoms with van der Waals surface area (Å²) in [6, 6.07) is 1.99. The van der Waals surface area contributed by atoms with Crippen molar-refractivity contribution in [3.8, 4) is 11.1 Å². The summed E-state index contributed by atoms with van der Waals surface area (Å²) in [5.41, 5.74) is 3.29. The summed E-state index contributed by atoms with van der Waals surface area (Å²) in [4.78, 5) is 1.21. The fraction of sp³-hybridized carbons (Fsp3) is 0.381. The molecule has 2 atom stereocenters. The van der Waals surface area contributed by atoms with Crippen molar-refractivity contribution in [2.75, 3.05) is 0 Å². The summed E-state index contributed by atoms with van der Waals surface area (Å²) in [5, 5.41) is 0.980. The van der Waals surface area contributed by atoms with E-state index in [2.05, 4.69) is 6.92 Å². The van der Waals surface area contributed by atoms with E-state index in [9.17, 15) is 26.3 Å². The van der Waals surface area contributed by atoms with Crippen molar-refractivity contribution in [3.05, 3.63) is 56.0 Å². The van der Waals surface area contributed by atoms with Gasteiger partial charge in [-0.15, -0.1) is 0 Å². The highest BCUT2D eigenvalue weighted by molar-refractivity contribution is 6.37. The van der Waals surface area contributed by atoms with Gasteiger partial charge in [0.25, 0.3) is 0 Å². The topological polar surface area (TPSA) is 0 Å². The molecule has 2 unspecified atom stereocenters. The Kier molecular flexibility index (Phi) is 3.48. The zero-order chi connectivity index (χ0) is 20.2. The van der Waals surface area contributed by atoms with Crippen LogP contribution in [0.3, 0.4) is 0 Å². The molecule has 146 valence electrons. The first kappa shape index (κ1) is 18.2. The molecular formula is C21H16F6Si. The summed E-state index contributed by atoms with van der Waals surface area (Å²) in [7, 11) is -0.0114. The largest absolute Gasteiger partial charge is 0.416 e. The van der Waals surface area contributed by atoms with Crippen molar-refractivity contribution in [1.29, 1.82) is 0 Å². The van der Waals surface area contributed by atoms with E-state index in [1.54, 1.807) is 0 Å². The van der Waals surface area contributed by atoms with E-state index in [0.29, 0.717) is 11.1 Å². The maximum absolute atomic E-state index is 13.3. The van der Waals surface area contributed by atoms with E-state index in [1.807, 2.05) is 6.92 Å². The minimum absolute atomic E-state index is 0.0114. The number of hydrogen-bond acceptors (Lipinski definition) is 0. The molecule has 6 rings (SSSR count). The van der Waals surface area contributed by atoms with Gasteiger partial charge < -0.3 is 0 Å². The highest BCUT2D eigenvalue weighted by Gasteiger charge is 2.50. The fourth-order valence-corrected chi connectivity index (χ4v) is 7.45. The lowest BCUT2D eigenvalue weighted by molar-refractivity contribution is -0.143. The molecule has 0 fully saturated rings. The predicted molar refractivity (Wildman–Crippen MR) is 96.1 cm³/mol. The second-order valence-corrected chi connectivity index (χ2v) is 9.58. The summed E-state index contributed by atoms with van der Waals surface area (Å²) in [5.74, 6) is 0.157. The molecule has 0 N–H and O–H groups in total. The molecule has 0 radical (unpaired) electrons. The van der Waals surface area contributed by atoms with Crippen molar-refractivity contribution in [2.45, 2.75) is 50.5 Å². The Morgan fingerprint density at radius 3 is 2.07 bits per heavy atom. The Labute approximate surface area is 159 Å². The van der Waals surface area contributed by atoms with Crippen LogP contribution in [0, 0.1) is 11.7 Å². The van der Waals surface area contributed by atoms with Gasteiger partial charge in [0.1, 0.15) is 0 Å². The summed E-state index contributed by atoms with van der Waals surface area (Å²) < 4.78 is 79.8. The van der Waals surface area contributed by atoms with E-state index in [0.717, 1.165) is 41.3 Å². The van der Waals surface area contributed by atoms with Crippen LogP contribution in [-0.4, -0.2) is 9.13 Å². The lowest BCUT2D eigenvalue weighted by Crippen LogP contribution is -2.14. The maximum Gasteiger partial charge on any atom is 0.416 e. The number of halogens is 6. The van der Waals surface area contributed by atoms with E-state index >= 15 is 0 Å². The molecular weight excluding hydrogens is 394 g/mol. The molecule has 3 aliphatic carbocycles. The highest BCUT2D eigenvalue weighted by Crippen LogP contribution is 2.63. The Morgan fingerprint density at radius 1 is 0.929 bits per heavy atom. The molecule has 1 heterocycles. The lowest BCUT2D eigenvalue weighted by Gasteiger charge is -2.15. The lowest BCUT2D eigenvalue weighted by atomic mass is 9.93. The Hall–Kier alpha value is -1.89. The molecule has 4 aliphatic rings. The standard InChI is InChI=1S/C21H16F6Si/c1-3-4-12-15-17-13-8(2)19(28-12)18(15)14(16(13)17)9-5-10(20(22,23)24)7-11(6-9)21(25,26)27/h5-7,12,17,28H,3-4H2,1-2H3. The zero-order valence-corrected chi connectivity index (χ0v) is 16.3. The van der Waals surface area contributed by atoms with Crippen molar-refractivity contribution >= 4 is 14.7 Å². The van der Waals surface area contributed by atoms with E-state index in [-0.39, 0.29) is 26.7 Å². The van der Waals surface area contributed by atoms with Gasteiger partial charge in [-0.1, -0.05) is 13.3 Å². The van der Waals surface area contributed by atoms with Crippen LogP contribution in [0.5, 0.6) is 0 Å². The molecule has 2 aromatic rings. The van der Waals surface area contributed by atoms with Gasteiger partial charge >= 0.3 is 12.4 Å². The van der Waals surface area contributed by atoms with Crippen LogP contribution in [0.2, 0.25) is 5.54 Å². The van der Waals surface area contributed by atoms with Gasteiger partial charge in [-0.2, -0.15) is 26.3 Å². The molecule has 0 spiro atoms. The van der Waals surface area contributed by atoms with Gasteiger partial charge in [0, 0.05) is 15.0 Å². The highest BCUT2D eigenvalue weighted by atomic mass is 28.2. The molecule has 6 bridgehead atoms. The normalized spacial score (nSPS) is 21.4. The zero-order valence-electron chi connectivity index (χ0n) is 15.1. The molecule has 0 saturated heterocycles. The van der Waals surface area contributed by atoms with Gasteiger partial charge in [-0.3, -0.25) is 0 Å². The number of hydrogen-bond donors (Lipinski definition) is 0.